The number of carbonyl (C=O) groups is 2. The van der Waals surface area contributed by atoms with Crippen molar-refractivity contribution in [3.63, 3.8) is 0 Å². The van der Waals surface area contributed by atoms with Gasteiger partial charge in [-0.2, -0.15) is 0 Å². The minimum Gasteiger partial charge on any atom is -0.494 e. The Hall–Kier alpha value is -3.16. The molecule has 1 atom stereocenters. The summed E-state index contributed by atoms with van der Waals surface area (Å²) >= 11 is 0. The Balaban J connectivity index is 1.73. The van der Waals surface area contributed by atoms with Crippen LogP contribution in [0.3, 0.4) is 0 Å². The monoisotopic (exact) mass is 393 g/mol. The lowest BCUT2D eigenvalue weighted by atomic mass is 10.1. The van der Waals surface area contributed by atoms with Gasteiger partial charge < -0.3 is 19.5 Å². The summed E-state index contributed by atoms with van der Waals surface area (Å²) in [6.07, 6.45) is 0. The summed E-state index contributed by atoms with van der Waals surface area (Å²) in [5.41, 5.74) is 0.125. The highest BCUT2D eigenvalue weighted by atomic mass is 19.1. The maximum atomic E-state index is 13.7. The highest BCUT2D eigenvalue weighted by molar-refractivity contribution is 5.81. The van der Waals surface area contributed by atoms with Crippen molar-refractivity contribution in [3.8, 4) is 11.5 Å². The third-order valence-electron chi connectivity index (χ3n) is 3.66. The molecule has 0 fully saturated rings. The van der Waals surface area contributed by atoms with E-state index in [1.54, 1.807) is 24.3 Å². The third-order valence-corrected chi connectivity index (χ3v) is 3.66. The van der Waals surface area contributed by atoms with Gasteiger partial charge in [0.05, 0.1) is 12.6 Å². The Morgan fingerprint density at radius 2 is 1.64 bits per heavy atom. The number of hydrogen-bond acceptors (Lipinski definition) is 5. The number of rotatable bonds is 9. The standard InChI is InChI=1S/C20H21F2NO5/c1-3-26-15-5-7-16(8-6-15)27-12-20(25)28-11-19(24)23-13(2)17-9-4-14(21)10-18(17)22/h4-10,13H,3,11-12H2,1-2H3,(H,23,24)/t13-/m1/s1. The van der Waals surface area contributed by atoms with Gasteiger partial charge in [-0.15, -0.1) is 0 Å². The van der Waals surface area contributed by atoms with Crippen molar-refractivity contribution in [1.82, 2.24) is 5.32 Å². The average molecular weight is 393 g/mol. The molecule has 2 rings (SSSR count). The molecule has 8 heteroatoms. The quantitative estimate of drug-likeness (QED) is 0.663. The normalized spacial score (nSPS) is 11.4. The molecule has 1 N–H and O–H groups in total. The Morgan fingerprint density at radius 3 is 2.25 bits per heavy atom. The number of benzene rings is 2. The first-order valence-corrected chi connectivity index (χ1v) is 8.64. The second-order valence-corrected chi connectivity index (χ2v) is 5.81. The fourth-order valence-corrected chi connectivity index (χ4v) is 2.34. The van der Waals surface area contributed by atoms with E-state index in [4.69, 9.17) is 14.2 Å². The van der Waals surface area contributed by atoms with Gasteiger partial charge in [0.2, 0.25) is 0 Å². The van der Waals surface area contributed by atoms with Crippen molar-refractivity contribution in [2.45, 2.75) is 19.9 Å². The van der Waals surface area contributed by atoms with Crippen LogP contribution in [0.4, 0.5) is 8.78 Å². The molecule has 0 heterocycles. The summed E-state index contributed by atoms with van der Waals surface area (Å²) < 4.78 is 42.0. The van der Waals surface area contributed by atoms with E-state index in [0.717, 1.165) is 12.1 Å². The average Bonchev–Trinajstić information content (AvgIpc) is 2.66. The molecule has 0 unspecified atom stereocenters. The smallest absolute Gasteiger partial charge is 0.344 e. The lowest BCUT2D eigenvalue weighted by molar-refractivity contribution is -0.150. The molecule has 150 valence electrons. The number of amides is 1. The zero-order valence-electron chi connectivity index (χ0n) is 15.5. The van der Waals surface area contributed by atoms with E-state index >= 15 is 0 Å². The van der Waals surface area contributed by atoms with Gasteiger partial charge in [0, 0.05) is 11.6 Å². The Kier molecular flexibility index (Phi) is 7.74. The molecule has 6 nitrogen and oxygen atoms in total. The number of ether oxygens (including phenoxy) is 3. The summed E-state index contributed by atoms with van der Waals surface area (Å²) in [7, 11) is 0. The molecular weight excluding hydrogens is 372 g/mol. The second-order valence-electron chi connectivity index (χ2n) is 5.81. The maximum absolute atomic E-state index is 13.7. The fourth-order valence-electron chi connectivity index (χ4n) is 2.34. The third kappa shape index (κ3) is 6.53. The SMILES string of the molecule is CCOc1ccc(OCC(=O)OCC(=O)N[C@H](C)c2ccc(F)cc2F)cc1. The minimum atomic E-state index is -0.770. The van der Waals surface area contributed by atoms with Crippen molar-refractivity contribution in [1.29, 1.82) is 0 Å². The first-order chi connectivity index (χ1) is 13.4. The Morgan fingerprint density at radius 1 is 1.00 bits per heavy atom. The van der Waals surface area contributed by atoms with Gasteiger partial charge in [0.1, 0.15) is 23.1 Å². The van der Waals surface area contributed by atoms with E-state index in [1.165, 1.54) is 13.0 Å². The molecular formula is C20H21F2NO5. The van der Waals surface area contributed by atoms with E-state index in [1.807, 2.05) is 6.92 Å². The van der Waals surface area contributed by atoms with Crippen LogP contribution in [-0.2, 0) is 14.3 Å². The highest BCUT2D eigenvalue weighted by Crippen LogP contribution is 2.18. The van der Waals surface area contributed by atoms with Crippen LogP contribution in [0, 0.1) is 11.6 Å². The lowest BCUT2D eigenvalue weighted by Crippen LogP contribution is -2.32. The van der Waals surface area contributed by atoms with Gasteiger partial charge in [-0.3, -0.25) is 4.79 Å². The van der Waals surface area contributed by atoms with E-state index in [9.17, 15) is 18.4 Å². The lowest BCUT2D eigenvalue weighted by Gasteiger charge is -2.15. The molecule has 0 aromatic heterocycles. The topological polar surface area (TPSA) is 73.9 Å². The zero-order valence-corrected chi connectivity index (χ0v) is 15.5. The fraction of sp³-hybridized carbons (Fsp3) is 0.300. The Labute approximate surface area is 161 Å². The molecule has 2 aromatic carbocycles. The highest BCUT2D eigenvalue weighted by Gasteiger charge is 2.15. The van der Waals surface area contributed by atoms with E-state index in [-0.39, 0.29) is 12.2 Å². The second kappa shape index (κ2) is 10.2. The molecule has 2 aromatic rings. The number of esters is 1. The van der Waals surface area contributed by atoms with Gasteiger partial charge in [-0.05, 0) is 44.2 Å². The van der Waals surface area contributed by atoms with Crippen LogP contribution >= 0.6 is 0 Å². The van der Waals surface area contributed by atoms with Gasteiger partial charge in [-0.1, -0.05) is 6.07 Å². The molecule has 0 aliphatic rings. The van der Waals surface area contributed by atoms with Gasteiger partial charge in [-0.25, -0.2) is 13.6 Å². The summed E-state index contributed by atoms with van der Waals surface area (Å²) in [6.45, 7) is 3.03. The van der Waals surface area contributed by atoms with Crippen LogP contribution in [-0.4, -0.2) is 31.7 Å². The molecule has 28 heavy (non-hydrogen) atoms. The van der Waals surface area contributed by atoms with Crippen molar-refractivity contribution >= 4 is 11.9 Å². The van der Waals surface area contributed by atoms with Gasteiger partial charge in [0.15, 0.2) is 13.2 Å². The molecule has 1 amide bonds. The largest absolute Gasteiger partial charge is 0.494 e. The van der Waals surface area contributed by atoms with Crippen molar-refractivity contribution < 1.29 is 32.6 Å². The predicted molar refractivity (Wildman–Crippen MR) is 97.0 cm³/mol. The molecule has 0 saturated heterocycles. The van der Waals surface area contributed by atoms with Gasteiger partial charge in [0.25, 0.3) is 5.91 Å². The summed E-state index contributed by atoms with van der Waals surface area (Å²) in [6, 6.07) is 9.04. The first kappa shape index (κ1) is 21.1. The maximum Gasteiger partial charge on any atom is 0.344 e. The van der Waals surface area contributed by atoms with Crippen molar-refractivity contribution in [3.05, 3.63) is 59.7 Å². The molecule has 0 spiro atoms. The molecule has 0 saturated carbocycles. The summed E-state index contributed by atoms with van der Waals surface area (Å²) in [5.74, 6) is -1.70. The van der Waals surface area contributed by atoms with E-state index < -0.39 is 36.2 Å². The predicted octanol–water partition coefficient (Wildman–Crippen LogP) is 3.16. The van der Waals surface area contributed by atoms with Gasteiger partial charge >= 0.3 is 5.97 Å². The van der Waals surface area contributed by atoms with Crippen LogP contribution < -0.4 is 14.8 Å². The van der Waals surface area contributed by atoms with Crippen LogP contribution in [0.2, 0.25) is 0 Å². The van der Waals surface area contributed by atoms with Crippen LogP contribution in [0.25, 0.3) is 0 Å². The molecule has 0 radical (unpaired) electrons. The Bertz CT molecular complexity index is 811. The number of halogens is 2. The van der Waals surface area contributed by atoms with E-state index in [0.29, 0.717) is 18.1 Å². The number of nitrogens with one attached hydrogen (secondary N) is 1. The van der Waals surface area contributed by atoms with Crippen molar-refractivity contribution in [2.24, 2.45) is 0 Å². The number of carbonyl (C=O) groups excluding carboxylic acids is 2. The minimum absolute atomic E-state index is 0.125. The molecule has 0 aliphatic carbocycles. The summed E-state index contributed by atoms with van der Waals surface area (Å²) in [4.78, 5) is 23.5. The summed E-state index contributed by atoms with van der Waals surface area (Å²) in [5, 5.41) is 2.47. The van der Waals surface area contributed by atoms with Crippen LogP contribution in [0.15, 0.2) is 42.5 Å². The van der Waals surface area contributed by atoms with E-state index in [2.05, 4.69) is 5.32 Å². The van der Waals surface area contributed by atoms with Crippen LogP contribution in [0.1, 0.15) is 25.5 Å². The number of hydrogen-bond donors (Lipinski definition) is 1. The zero-order chi connectivity index (χ0) is 20.5. The van der Waals surface area contributed by atoms with Crippen LogP contribution in [0.5, 0.6) is 11.5 Å². The molecule has 0 aliphatic heterocycles. The molecule has 0 bridgehead atoms. The van der Waals surface area contributed by atoms with Crippen molar-refractivity contribution in [2.75, 3.05) is 19.8 Å². The first-order valence-electron chi connectivity index (χ1n) is 8.64.